The third-order valence-corrected chi connectivity index (χ3v) is 3.42. The Labute approximate surface area is 133 Å². The normalized spacial score (nSPS) is 10.8. The fourth-order valence-electron chi connectivity index (χ4n) is 2.14. The maximum atomic E-state index is 11.8. The van der Waals surface area contributed by atoms with Crippen LogP contribution in [0.1, 0.15) is 31.4 Å². The number of imidazole rings is 1. The topological polar surface area (TPSA) is 83.7 Å². The van der Waals surface area contributed by atoms with Crippen LogP contribution in [-0.4, -0.2) is 32.9 Å². The van der Waals surface area contributed by atoms with Gasteiger partial charge in [0.2, 0.25) is 5.91 Å². The van der Waals surface area contributed by atoms with Crippen molar-refractivity contribution in [3.8, 4) is 0 Å². The number of hydrogen-bond acceptors (Lipinski definition) is 3. The second-order valence-electron chi connectivity index (χ2n) is 5.08. The van der Waals surface area contributed by atoms with Crippen molar-refractivity contribution in [1.82, 2.24) is 14.7 Å². The van der Waals surface area contributed by atoms with Gasteiger partial charge in [0.25, 0.3) is 0 Å². The minimum atomic E-state index is -0.781. The van der Waals surface area contributed by atoms with Crippen LogP contribution in [-0.2, 0) is 16.0 Å². The Morgan fingerprint density at radius 2 is 2.05 bits per heavy atom. The van der Waals surface area contributed by atoms with E-state index in [-0.39, 0.29) is 18.7 Å². The molecule has 0 fully saturated rings. The molecule has 6 nitrogen and oxygen atoms in total. The summed E-state index contributed by atoms with van der Waals surface area (Å²) in [6.07, 6.45) is 6.13. The zero-order valence-electron chi connectivity index (χ0n) is 12.1. The van der Waals surface area contributed by atoms with Gasteiger partial charge in [0.1, 0.15) is 5.65 Å². The first kappa shape index (κ1) is 16.3. The lowest BCUT2D eigenvalue weighted by molar-refractivity contribution is -0.137. The molecular weight excluding hydrogens is 306 g/mol. The molecule has 0 bridgehead atoms. The van der Waals surface area contributed by atoms with E-state index in [0.717, 1.165) is 18.5 Å². The van der Waals surface area contributed by atoms with Gasteiger partial charge in [-0.15, -0.1) is 0 Å². The Hall–Kier alpha value is -2.08. The van der Waals surface area contributed by atoms with Crippen molar-refractivity contribution >= 4 is 29.1 Å². The van der Waals surface area contributed by atoms with Crippen LogP contribution in [0, 0.1) is 0 Å². The Morgan fingerprint density at radius 3 is 2.82 bits per heavy atom. The molecule has 2 aromatic rings. The number of carbonyl (C=O) groups excluding carboxylic acids is 1. The van der Waals surface area contributed by atoms with Gasteiger partial charge in [-0.3, -0.25) is 9.59 Å². The van der Waals surface area contributed by atoms with E-state index >= 15 is 0 Å². The number of carboxylic acids is 1. The van der Waals surface area contributed by atoms with Gasteiger partial charge in [-0.2, -0.15) is 0 Å². The van der Waals surface area contributed by atoms with Gasteiger partial charge in [-0.25, -0.2) is 4.98 Å². The Bertz CT molecular complexity index is 669. The highest BCUT2D eigenvalue weighted by Crippen LogP contribution is 2.12. The highest BCUT2D eigenvalue weighted by atomic mass is 35.5. The van der Waals surface area contributed by atoms with E-state index in [1.165, 1.54) is 0 Å². The summed E-state index contributed by atoms with van der Waals surface area (Å²) in [4.78, 5) is 26.5. The molecule has 0 saturated heterocycles. The van der Waals surface area contributed by atoms with Gasteiger partial charge in [-0.1, -0.05) is 18.0 Å². The number of fused-ring (bicyclic) bond motifs is 1. The number of carboxylic acid groups (broad SMARTS) is 1. The molecule has 0 spiro atoms. The number of halogens is 1. The highest BCUT2D eigenvalue weighted by Gasteiger charge is 2.07. The number of unbranched alkanes of at least 4 members (excludes halogenated alkanes) is 2. The lowest BCUT2D eigenvalue weighted by Gasteiger charge is -2.03. The maximum Gasteiger partial charge on any atom is 0.303 e. The van der Waals surface area contributed by atoms with Crippen molar-refractivity contribution in [1.29, 1.82) is 0 Å². The number of aromatic nitrogens is 2. The summed E-state index contributed by atoms with van der Waals surface area (Å²) in [5.41, 5.74) is 1.44. The lowest BCUT2D eigenvalue weighted by Crippen LogP contribution is -2.26. The standard InChI is InChI=1S/C15H18ClN3O3/c16-11-5-6-13-18-12(10-19(13)9-11)8-14(20)17-7-3-1-2-4-15(21)22/h5-6,9-10H,1-4,7-8H2,(H,17,20)(H,21,22). The molecule has 0 aliphatic heterocycles. The summed E-state index contributed by atoms with van der Waals surface area (Å²) in [6, 6.07) is 3.55. The molecule has 2 N–H and O–H groups in total. The Balaban J connectivity index is 1.73. The molecule has 2 rings (SSSR count). The average molecular weight is 324 g/mol. The van der Waals surface area contributed by atoms with Crippen molar-refractivity contribution in [3.05, 3.63) is 35.2 Å². The van der Waals surface area contributed by atoms with Gasteiger partial charge in [-0.05, 0) is 25.0 Å². The van der Waals surface area contributed by atoms with E-state index in [1.807, 2.05) is 0 Å². The molecule has 0 unspecified atom stereocenters. The Morgan fingerprint density at radius 1 is 1.23 bits per heavy atom. The minimum Gasteiger partial charge on any atom is -0.481 e. The van der Waals surface area contributed by atoms with Crippen LogP contribution < -0.4 is 5.32 Å². The average Bonchev–Trinajstić information content (AvgIpc) is 2.83. The van der Waals surface area contributed by atoms with E-state index in [2.05, 4.69) is 10.3 Å². The number of hydrogen-bond donors (Lipinski definition) is 2. The Kier molecular flexibility index (Phi) is 5.77. The van der Waals surface area contributed by atoms with Crippen LogP contribution in [0.2, 0.25) is 5.02 Å². The monoisotopic (exact) mass is 323 g/mol. The summed E-state index contributed by atoms with van der Waals surface area (Å²) in [6.45, 7) is 0.553. The van der Waals surface area contributed by atoms with E-state index < -0.39 is 5.97 Å². The molecule has 2 aromatic heterocycles. The molecule has 118 valence electrons. The van der Waals surface area contributed by atoms with E-state index in [4.69, 9.17) is 16.7 Å². The molecule has 1 amide bonds. The maximum absolute atomic E-state index is 11.8. The smallest absolute Gasteiger partial charge is 0.303 e. The number of aliphatic carboxylic acids is 1. The van der Waals surface area contributed by atoms with Gasteiger partial charge >= 0.3 is 5.97 Å². The summed E-state index contributed by atoms with van der Waals surface area (Å²) < 4.78 is 1.79. The fourth-order valence-corrected chi connectivity index (χ4v) is 2.30. The van der Waals surface area contributed by atoms with Crippen molar-refractivity contribution in [2.75, 3.05) is 6.54 Å². The van der Waals surface area contributed by atoms with Crippen LogP contribution >= 0.6 is 11.6 Å². The molecule has 7 heteroatoms. The third-order valence-electron chi connectivity index (χ3n) is 3.20. The van der Waals surface area contributed by atoms with Crippen molar-refractivity contribution < 1.29 is 14.7 Å². The summed E-state index contributed by atoms with van der Waals surface area (Å²) >= 11 is 5.90. The number of carbonyl (C=O) groups is 2. The molecule has 0 saturated carbocycles. The second kappa shape index (κ2) is 7.79. The first-order valence-corrected chi connectivity index (χ1v) is 7.54. The zero-order valence-corrected chi connectivity index (χ0v) is 12.8. The third kappa shape index (κ3) is 5.04. The first-order chi connectivity index (χ1) is 10.5. The second-order valence-corrected chi connectivity index (χ2v) is 5.51. The summed E-state index contributed by atoms with van der Waals surface area (Å²) in [7, 11) is 0. The number of amides is 1. The first-order valence-electron chi connectivity index (χ1n) is 7.16. The van der Waals surface area contributed by atoms with Crippen molar-refractivity contribution in [3.63, 3.8) is 0 Å². The quantitative estimate of drug-likeness (QED) is 0.730. The van der Waals surface area contributed by atoms with Gasteiger partial charge in [0.15, 0.2) is 0 Å². The molecule has 0 aliphatic rings. The SMILES string of the molecule is O=C(O)CCCCCNC(=O)Cc1cn2cc(Cl)ccc2n1. The fraction of sp³-hybridized carbons (Fsp3) is 0.400. The number of nitrogens with zero attached hydrogens (tertiary/aromatic N) is 2. The highest BCUT2D eigenvalue weighted by molar-refractivity contribution is 6.30. The minimum absolute atomic E-state index is 0.0901. The number of nitrogens with one attached hydrogen (secondary N) is 1. The van der Waals surface area contributed by atoms with Gasteiger partial charge in [0, 0.05) is 25.4 Å². The van der Waals surface area contributed by atoms with Gasteiger partial charge in [0.05, 0.1) is 17.1 Å². The van der Waals surface area contributed by atoms with Crippen LogP contribution in [0.5, 0.6) is 0 Å². The molecule has 0 aliphatic carbocycles. The van der Waals surface area contributed by atoms with E-state index in [1.54, 1.807) is 28.9 Å². The molecule has 0 radical (unpaired) electrons. The largest absolute Gasteiger partial charge is 0.481 e. The summed E-state index contributed by atoms with van der Waals surface area (Å²) in [5.74, 6) is -0.872. The molecule has 0 aromatic carbocycles. The molecule has 22 heavy (non-hydrogen) atoms. The number of pyridine rings is 1. The predicted molar refractivity (Wildman–Crippen MR) is 83.0 cm³/mol. The zero-order chi connectivity index (χ0) is 15.9. The molecule has 0 atom stereocenters. The number of rotatable bonds is 8. The summed E-state index contributed by atoms with van der Waals surface area (Å²) in [5, 5.41) is 11.9. The van der Waals surface area contributed by atoms with E-state index in [0.29, 0.717) is 23.7 Å². The molecular formula is C15H18ClN3O3. The van der Waals surface area contributed by atoms with Crippen molar-refractivity contribution in [2.24, 2.45) is 0 Å². The predicted octanol–water partition coefficient (Wildman–Crippen LogP) is 2.29. The van der Waals surface area contributed by atoms with Crippen LogP contribution in [0.3, 0.4) is 0 Å². The van der Waals surface area contributed by atoms with Crippen molar-refractivity contribution in [2.45, 2.75) is 32.1 Å². The van der Waals surface area contributed by atoms with E-state index in [9.17, 15) is 9.59 Å². The van der Waals surface area contributed by atoms with Crippen LogP contribution in [0.15, 0.2) is 24.5 Å². The van der Waals surface area contributed by atoms with Crippen LogP contribution in [0.25, 0.3) is 5.65 Å². The molecule has 2 heterocycles. The lowest BCUT2D eigenvalue weighted by atomic mass is 10.2. The van der Waals surface area contributed by atoms with Crippen LogP contribution in [0.4, 0.5) is 0 Å². The van der Waals surface area contributed by atoms with Gasteiger partial charge < -0.3 is 14.8 Å².